The van der Waals surface area contributed by atoms with Crippen LogP contribution in [-0.4, -0.2) is 11.5 Å². The summed E-state index contributed by atoms with van der Waals surface area (Å²) in [4.78, 5) is 12.3. The molecule has 2 unspecified atom stereocenters. The topological polar surface area (TPSA) is 17.1 Å². The zero-order valence-corrected chi connectivity index (χ0v) is 16.3. The standard InChI is InChI=1S/C19H32OS2/c1-5-8-9-10-16(6-2)13-17(7-3)14-21-19-12-11-18(22-19)15(4)20/h11-12,16-17H,5-10,13-14H2,1-4H3. The van der Waals surface area contributed by atoms with Crippen molar-refractivity contribution in [1.29, 1.82) is 0 Å². The average Bonchev–Trinajstić information content (AvgIpc) is 2.99. The van der Waals surface area contributed by atoms with Gasteiger partial charge in [0.1, 0.15) is 0 Å². The van der Waals surface area contributed by atoms with Gasteiger partial charge in [0, 0.05) is 5.75 Å². The van der Waals surface area contributed by atoms with Gasteiger partial charge in [-0.25, -0.2) is 0 Å². The largest absolute Gasteiger partial charge is 0.294 e. The first kappa shape index (κ1) is 19.8. The van der Waals surface area contributed by atoms with Crippen LogP contribution < -0.4 is 0 Å². The van der Waals surface area contributed by atoms with Crippen molar-refractivity contribution in [2.75, 3.05) is 5.75 Å². The molecule has 22 heavy (non-hydrogen) atoms. The van der Waals surface area contributed by atoms with E-state index in [2.05, 4.69) is 26.8 Å². The quantitative estimate of drug-likeness (QED) is 0.230. The third-order valence-electron chi connectivity index (χ3n) is 4.43. The molecule has 0 saturated carbocycles. The Bertz CT molecular complexity index is 425. The number of hydrogen-bond donors (Lipinski definition) is 0. The molecule has 0 radical (unpaired) electrons. The van der Waals surface area contributed by atoms with Gasteiger partial charge in [-0.1, -0.05) is 59.3 Å². The van der Waals surface area contributed by atoms with Gasteiger partial charge in [0.2, 0.25) is 0 Å². The van der Waals surface area contributed by atoms with Gasteiger partial charge in [-0.3, -0.25) is 4.79 Å². The summed E-state index contributed by atoms with van der Waals surface area (Å²) in [5, 5.41) is 0. The molecule has 1 nitrogen and oxygen atoms in total. The highest BCUT2D eigenvalue weighted by Gasteiger charge is 2.15. The van der Waals surface area contributed by atoms with Gasteiger partial charge in [-0.05, 0) is 37.3 Å². The molecule has 0 bridgehead atoms. The van der Waals surface area contributed by atoms with Crippen LogP contribution in [0.1, 0.15) is 82.3 Å². The molecule has 126 valence electrons. The number of unbranched alkanes of at least 4 members (excludes halogenated alkanes) is 2. The Kier molecular flexibility index (Phi) is 10.1. The molecule has 3 heteroatoms. The molecule has 0 spiro atoms. The van der Waals surface area contributed by atoms with Gasteiger partial charge in [-0.15, -0.1) is 23.1 Å². The SMILES string of the molecule is CCCCCC(CC)CC(CC)CSc1ccc(C(C)=O)s1. The van der Waals surface area contributed by atoms with Crippen molar-refractivity contribution in [3.63, 3.8) is 0 Å². The van der Waals surface area contributed by atoms with E-state index in [1.807, 2.05) is 17.8 Å². The summed E-state index contributed by atoms with van der Waals surface area (Å²) in [6.07, 6.45) is 9.45. The van der Waals surface area contributed by atoms with Gasteiger partial charge in [0.15, 0.2) is 5.78 Å². The van der Waals surface area contributed by atoms with Crippen molar-refractivity contribution < 1.29 is 4.79 Å². The smallest absolute Gasteiger partial charge is 0.169 e. The van der Waals surface area contributed by atoms with Crippen LogP contribution in [0.15, 0.2) is 16.3 Å². The number of Topliss-reactive ketones (excluding diaryl/α,β-unsaturated/α-hetero) is 1. The molecule has 0 aliphatic rings. The van der Waals surface area contributed by atoms with Crippen LogP contribution in [0.3, 0.4) is 0 Å². The minimum atomic E-state index is 0.186. The molecule has 2 atom stereocenters. The Hall–Kier alpha value is -0.280. The summed E-state index contributed by atoms with van der Waals surface area (Å²) in [6.45, 7) is 8.59. The van der Waals surface area contributed by atoms with E-state index < -0.39 is 0 Å². The molecule has 0 aliphatic carbocycles. The summed E-state index contributed by atoms with van der Waals surface area (Å²) in [5.41, 5.74) is 0. The molecule has 0 amide bonds. The maximum atomic E-state index is 11.4. The van der Waals surface area contributed by atoms with Crippen LogP contribution in [0.25, 0.3) is 0 Å². The molecule has 0 fully saturated rings. The lowest BCUT2D eigenvalue weighted by Gasteiger charge is -2.21. The highest BCUT2D eigenvalue weighted by Crippen LogP contribution is 2.32. The molecule has 0 aromatic carbocycles. The summed E-state index contributed by atoms with van der Waals surface area (Å²) in [5.74, 6) is 3.08. The zero-order chi connectivity index (χ0) is 16.4. The molecule has 0 saturated heterocycles. The summed E-state index contributed by atoms with van der Waals surface area (Å²) >= 11 is 3.59. The summed E-state index contributed by atoms with van der Waals surface area (Å²) in [6, 6.07) is 4.08. The molecule has 1 heterocycles. The second-order valence-corrected chi connectivity index (χ2v) is 8.67. The third-order valence-corrected chi connectivity index (χ3v) is 7.07. The average molecular weight is 341 g/mol. The highest BCUT2D eigenvalue weighted by atomic mass is 32.2. The number of thioether (sulfide) groups is 1. The van der Waals surface area contributed by atoms with Crippen LogP contribution in [0.5, 0.6) is 0 Å². The fourth-order valence-corrected chi connectivity index (χ4v) is 5.06. The van der Waals surface area contributed by atoms with Gasteiger partial charge >= 0.3 is 0 Å². The van der Waals surface area contributed by atoms with Gasteiger partial charge in [0.25, 0.3) is 0 Å². The van der Waals surface area contributed by atoms with E-state index in [4.69, 9.17) is 0 Å². The van der Waals surface area contributed by atoms with E-state index >= 15 is 0 Å². The molecule has 0 aliphatic heterocycles. The molecule has 1 aromatic rings. The first-order chi connectivity index (χ1) is 10.6. The minimum absolute atomic E-state index is 0.186. The molecule has 1 aromatic heterocycles. The fourth-order valence-electron chi connectivity index (χ4n) is 2.78. The Morgan fingerprint density at radius 1 is 1.14 bits per heavy atom. The lowest BCUT2D eigenvalue weighted by molar-refractivity contribution is 0.102. The predicted molar refractivity (Wildman–Crippen MR) is 101 cm³/mol. The normalized spacial score (nSPS) is 14.0. The molecular formula is C19H32OS2. The van der Waals surface area contributed by atoms with Crippen molar-refractivity contribution in [1.82, 2.24) is 0 Å². The lowest BCUT2D eigenvalue weighted by atomic mass is 9.88. The monoisotopic (exact) mass is 340 g/mol. The number of ketones is 1. The number of rotatable bonds is 12. The number of hydrogen-bond acceptors (Lipinski definition) is 3. The molecule has 1 rings (SSSR count). The Morgan fingerprint density at radius 3 is 2.41 bits per heavy atom. The van der Waals surface area contributed by atoms with E-state index in [1.165, 1.54) is 54.9 Å². The third kappa shape index (κ3) is 7.32. The lowest BCUT2D eigenvalue weighted by Crippen LogP contribution is -2.10. The van der Waals surface area contributed by atoms with Crippen molar-refractivity contribution in [3.05, 3.63) is 17.0 Å². The van der Waals surface area contributed by atoms with Crippen molar-refractivity contribution >= 4 is 28.9 Å². The second-order valence-electron chi connectivity index (χ2n) is 6.27. The fraction of sp³-hybridized carbons (Fsp3) is 0.737. The number of thiophene rings is 1. The van der Waals surface area contributed by atoms with Crippen LogP contribution in [0.2, 0.25) is 0 Å². The van der Waals surface area contributed by atoms with E-state index in [1.54, 1.807) is 18.3 Å². The highest BCUT2D eigenvalue weighted by molar-refractivity contribution is 8.01. The predicted octanol–water partition coefficient (Wildman–Crippen LogP) is 7.07. The van der Waals surface area contributed by atoms with E-state index in [-0.39, 0.29) is 5.78 Å². The summed E-state index contributed by atoms with van der Waals surface area (Å²) in [7, 11) is 0. The van der Waals surface area contributed by atoms with Crippen LogP contribution in [0, 0.1) is 11.8 Å². The van der Waals surface area contributed by atoms with E-state index in [0.29, 0.717) is 0 Å². The number of carbonyl (C=O) groups excluding carboxylic acids is 1. The van der Waals surface area contributed by atoms with Gasteiger partial charge in [-0.2, -0.15) is 0 Å². The van der Waals surface area contributed by atoms with Crippen molar-refractivity contribution in [2.24, 2.45) is 11.8 Å². The van der Waals surface area contributed by atoms with Crippen molar-refractivity contribution in [3.8, 4) is 0 Å². The zero-order valence-electron chi connectivity index (χ0n) is 14.7. The van der Waals surface area contributed by atoms with Gasteiger partial charge < -0.3 is 0 Å². The molecular weight excluding hydrogens is 308 g/mol. The van der Waals surface area contributed by atoms with Crippen LogP contribution >= 0.6 is 23.1 Å². The maximum Gasteiger partial charge on any atom is 0.169 e. The second kappa shape index (κ2) is 11.3. The van der Waals surface area contributed by atoms with E-state index in [9.17, 15) is 4.79 Å². The number of carbonyl (C=O) groups is 1. The van der Waals surface area contributed by atoms with E-state index in [0.717, 1.165) is 16.7 Å². The molecule has 0 N–H and O–H groups in total. The minimum Gasteiger partial charge on any atom is -0.294 e. The Labute approximate surface area is 145 Å². The first-order valence-corrected chi connectivity index (χ1v) is 10.6. The summed E-state index contributed by atoms with van der Waals surface area (Å²) < 4.78 is 1.29. The Balaban J connectivity index is 2.40. The van der Waals surface area contributed by atoms with Crippen LogP contribution in [-0.2, 0) is 0 Å². The van der Waals surface area contributed by atoms with Gasteiger partial charge in [0.05, 0.1) is 9.09 Å². The van der Waals surface area contributed by atoms with Crippen LogP contribution in [0.4, 0.5) is 0 Å². The van der Waals surface area contributed by atoms with Crippen molar-refractivity contribution in [2.45, 2.75) is 76.8 Å². The maximum absolute atomic E-state index is 11.4. The Morgan fingerprint density at radius 2 is 1.86 bits per heavy atom. The first-order valence-electron chi connectivity index (χ1n) is 8.84.